The van der Waals surface area contributed by atoms with Gasteiger partial charge in [0.2, 0.25) is 0 Å². The average Bonchev–Trinajstić information content (AvgIpc) is 3.80. The number of unbranched alkanes of at least 4 members (excludes halogenated alkanes) is 6. The van der Waals surface area contributed by atoms with Gasteiger partial charge in [-0.1, -0.05) is 113 Å². The maximum atomic E-state index is 5.79. The first kappa shape index (κ1) is 38.2. The summed E-state index contributed by atoms with van der Waals surface area (Å²) in [5.74, 6) is 0. The molecule has 0 atom stereocenters. The molecule has 6 heteroatoms. The molecule has 0 bridgehead atoms. The van der Waals surface area contributed by atoms with Crippen LogP contribution in [0, 0.1) is 0 Å². The van der Waals surface area contributed by atoms with Crippen LogP contribution >= 0.6 is 22.7 Å². The molecule has 0 N–H and O–H groups in total. The molecule has 0 spiro atoms. The van der Waals surface area contributed by atoms with Crippen LogP contribution in [0.1, 0.15) is 86.1 Å². The molecule has 0 aliphatic heterocycles. The third kappa shape index (κ3) is 14.9. The Kier molecular flexibility index (Phi) is 18.9. The molecular weight excluding hydrogens is 633 g/mol. The SMILES string of the molecule is CCCCCCOCCOCCc1ccc(-c2ccc(C=Cc3ccc(-c4ccc(CCOCCOCCCCCC)s4)cc3)cc2)s1. The van der Waals surface area contributed by atoms with Gasteiger partial charge in [-0.3, -0.25) is 0 Å². The van der Waals surface area contributed by atoms with Gasteiger partial charge in [-0.15, -0.1) is 22.7 Å². The summed E-state index contributed by atoms with van der Waals surface area (Å²) < 4.78 is 22.9. The van der Waals surface area contributed by atoms with Gasteiger partial charge in [0, 0.05) is 45.6 Å². The first-order valence-electron chi connectivity index (χ1n) is 18.1. The number of ether oxygens (including phenoxy) is 4. The Labute approximate surface area is 298 Å². The zero-order valence-corrected chi connectivity index (χ0v) is 30.9. The van der Waals surface area contributed by atoms with Crippen molar-refractivity contribution in [2.75, 3.05) is 52.9 Å². The fraction of sp³-hybridized carbons (Fsp3) is 0.476. The Bertz CT molecular complexity index is 1300. The summed E-state index contributed by atoms with van der Waals surface area (Å²) in [4.78, 5) is 5.31. The van der Waals surface area contributed by atoms with E-state index in [-0.39, 0.29) is 0 Å². The molecule has 0 amide bonds. The molecule has 0 fully saturated rings. The van der Waals surface area contributed by atoms with Crippen LogP contribution in [-0.4, -0.2) is 52.9 Å². The average molecular weight is 689 g/mol. The molecule has 0 saturated heterocycles. The third-order valence-corrected chi connectivity index (χ3v) is 10.6. The smallest absolute Gasteiger partial charge is 0.0700 e. The summed E-state index contributed by atoms with van der Waals surface area (Å²) in [5, 5.41) is 0. The summed E-state index contributed by atoms with van der Waals surface area (Å²) in [6.45, 7) is 10.4. The Morgan fingerprint density at radius 2 is 0.812 bits per heavy atom. The molecule has 4 rings (SSSR count). The van der Waals surface area contributed by atoms with Crippen molar-refractivity contribution in [1.82, 2.24) is 0 Å². The summed E-state index contributed by atoms with van der Waals surface area (Å²) in [6.07, 6.45) is 16.2. The standard InChI is InChI=1S/C42H56O4S2/c1-3-5-7-9-27-43-31-33-45-29-25-39-21-23-41(47-39)37-17-13-35(14-18-37)11-12-36-15-19-38(20-16-36)42-24-22-40(48-42)26-30-46-34-32-44-28-10-8-6-4-2/h11-24H,3-10,25-34H2,1-2H3. The van der Waals surface area contributed by atoms with Crippen LogP contribution in [0.5, 0.6) is 0 Å². The third-order valence-electron chi connectivity index (χ3n) is 8.20. The van der Waals surface area contributed by atoms with Crippen LogP contribution in [-0.2, 0) is 31.8 Å². The van der Waals surface area contributed by atoms with E-state index in [4.69, 9.17) is 18.9 Å². The maximum Gasteiger partial charge on any atom is 0.0700 e. The first-order valence-corrected chi connectivity index (χ1v) is 19.8. The molecule has 0 aliphatic carbocycles. The second-order valence-corrected chi connectivity index (χ2v) is 14.5. The van der Waals surface area contributed by atoms with Gasteiger partial charge in [0.05, 0.1) is 39.6 Å². The van der Waals surface area contributed by atoms with Crippen LogP contribution in [0.25, 0.3) is 33.0 Å². The highest BCUT2D eigenvalue weighted by molar-refractivity contribution is 7.15. The van der Waals surface area contributed by atoms with Gasteiger partial charge < -0.3 is 18.9 Å². The highest BCUT2D eigenvalue weighted by Gasteiger charge is 2.05. The lowest BCUT2D eigenvalue weighted by molar-refractivity contribution is 0.0476. The number of hydrogen-bond acceptors (Lipinski definition) is 6. The molecule has 4 nitrogen and oxygen atoms in total. The molecule has 2 aromatic heterocycles. The van der Waals surface area contributed by atoms with Crippen molar-refractivity contribution in [3.05, 3.63) is 93.7 Å². The van der Waals surface area contributed by atoms with Crippen LogP contribution in [0.15, 0.2) is 72.8 Å². The fourth-order valence-electron chi connectivity index (χ4n) is 5.30. The second-order valence-electron chi connectivity index (χ2n) is 12.2. The number of benzene rings is 2. The highest BCUT2D eigenvalue weighted by atomic mass is 32.1. The monoisotopic (exact) mass is 688 g/mol. The quantitative estimate of drug-likeness (QED) is 0.0486. The van der Waals surface area contributed by atoms with Crippen molar-refractivity contribution >= 4 is 34.8 Å². The van der Waals surface area contributed by atoms with Crippen LogP contribution < -0.4 is 0 Å². The molecule has 260 valence electrons. The first-order chi connectivity index (χ1) is 23.7. The summed E-state index contributed by atoms with van der Waals surface area (Å²) in [7, 11) is 0. The molecule has 2 heterocycles. The van der Waals surface area contributed by atoms with Gasteiger partial charge in [0.15, 0.2) is 0 Å². The van der Waals surface area contributed by atoms with Gasteiger partial charge >= 0.3 is 0 Å². The topological polar surface area (TPSA) is 36.9 Å². The molecule has 0 saturated carbocycles. The lowest BCUT2D eigenvalue weighted by atomic mass is 10.1. The predicted molar refractivity (Wildman–Crippen MR) is 207 cm³/mol. The van der Waals surface area contributed by atoms with E-state index in [1.54, 1.807) is 0 Å². The van der Waals surface area contributed by atoms with Crippen LogP contribution in [0.2, 0.25) is 0 Å². The molecule has 0 aliphatic rings. The van der Waals surface area contributed by atoms with E-state index in [9.17, 15) is 0 Å². The zero-order chi connectivity index (χ0) is 33.5. The minimum atomic E-state index is 0.674. The van der Waals surface area contributed by atoms with Crippen molar-refractivity contribution in [1.29, 1.82) is 0 Å². The summed E-state index contributed by atoms with van der Waals surface area (Å²) >= 11 is 3.71. The lowest BCUT2D eigenvalue weighted by Gasteiger charge is -2.05. The maximum absolute atomic E-state index is 5.79. The van der Waals surface area contributed by atoms with Crippen LogP contribution in [0.3, 0.4) is 0 Å². The minimum Gasteiger partial charge on any atom is -0.379 e. The van der Waals surface area contributed by atoms with E-state index in [0.717, 1.165) is 52.1 Å². The van der Waals surface area contributed by atoms with Gasteiger partial charge in [-0.25, -0.2) is 0 Å². The van der Waals surface area contributed by atoms with Gasteiger partial charge in [0.25, 0.3) is 0 Å². The molecular formula is C42H56O4S2. The molecule has 0 radical (unpaired) electrons. The van der Waals surface area contributed by atoms with Crippen molar-refractivity contribution in [2.45, 2.75) is 78.1 Å². The molecule has 0 unspecified atom stereocenters. The van der Waals surface area contributed by atoms with Gasteiger partial charge in [-0.05, 0) is 59.4 Å². The Morgan fingerprint density at radius 3 is 1.21 bits per heavy atom. The Morgan fingerprint density at radius 1 is 0.417 bits per heavy atom. The normalized spacial score (nSPS) is 11.6. The van der Waals surface area contributed by atoms with Crippen molar-refractivity contribution < 1.29 is 18.9 Å². The van der Waals surface area contributed by atoms with Crippen molar-refractivity contribution in [3.8, 4) is 20.9 Å². The fourth-order valence-corrected chi connectivity index (χ4v) is 7.28. The van der Waals surface area contributed by atoms with E-state index < -0.39 is 0 Å². The van der Waals surface area contributed by atoms with E-state index >= 15 is 0 Å². The largest absolute Gasteiger partial charge is 0.379 e. The summed E-state index contributed by atoms with van der Waals surface area (Å²) in [5.41, 5.74) is 4.91. The van der Waals surface area contributed by atoms with E-state index in [1.807, 2.05) is 22.7 Å². The Balaban J connectivity index is 1.12. The number of thiophene rings is 2. The number of rotatable bonds is 26. The van der Waals surface area contributed by atoms with Gasteiger partial charge in [-0.2, -0.15) is 0 Å². The summed E-state index contributed by atoms with van der Waals surface area (Å²) in [6, 6.07) is 26.6. The lowest BCUT2D eigenvalue weighted by Crippen LogP contribution is -2.07. The van der Waals surface area contributed by atoms with E-state index in [1.165, 1.54) is 80.3 Å². The van der Waals surface area contributed by atoms with Crippen LogP contribution in [0.4, 0.5) is 0 Å². The minimum absolute atomic E-state index is 0.674. The molecule has 2 aromatic carbocycles. The predicted octanol–water partition coefficient (Wildman–Crippen LogP) is 11.6. The van der Waals surface area contributed by atoms with E-state index in [0.29, 0.717) is 26.4 Å². The van der Waals surface area contributed by atoms with Gasteiger partial charge in [0.1, 0.15) is 0 Å². The van der Waals surface area contributed by atoms with Crippen molar-refractivity contribution in [2.24, 2.45) is 0 Å². The highest BCUT2D eigenvalue weighted by Crippen LogP contribution is 2.30. The van der Waals surface area contributed by atoms with E-state index in [2.05, 4.69) is 98.8 Å². The number of hydrogen-bond donors (Lipinski definition) is 0. The Hall–Kier alpha value is -2.58. The zero-order valence-electron chi connectivity index (χ0n) is 29.3. The second kappa shape index (κ2) is 23.7. The molecule has 48 heavy (non-hydrogen) atoms. The van der Waals surface area contributed by atoms with Crippen molar-refractivity contribution in [3.63, 3.8) is 0 Å². The molecule has 4 aromatic rings.